The SMILES string of the molecule is CC(=O)C(C(C)C)N(C(=O)OCc1cnc(C(C)C)s1)C1CC1. The van der Waals surface area contributed by atoms with Crippen LogP contribution in [0.5, 0.6) is 0 Å². The summed E-state index contributed by atoms with van der Waals surface area (Å²) in [5.41, 5.74) is 0. The third-order valence-corrected chi connectivity index (χ3v) is 5.17. The van der Waals surface area contributed by atoms with Crippen LogP contribution in [0.1, 0.15) is 63.3 Å². The Kier molecular flexibility index (Phi) is 5.79. The number of thiazole rings is 1. The first-order valence-corrected chi connectivity index (χ1v) is 9.03. The Morgan fingerprint density at radius 3 is 2.43 bits per heavy atom. The van der Waals surface area contributed by atoms with Crippen LogP contribution in [0.2, 0.25) is 0 Å². The van der Waals surface area contributed by atoms with Gasteiger partial charge in [-0.2, -0.15) is 0 Å². The standard InChI is InChI=1S/C17H26N2O3S/c1-10(2)15(12(5)20)19(13-6-7-13)17(21)22-9-14-8-18-16(23-14)11(3)4/h8,10-11,13,15H,6-7,9H2,1-5H3. The van der Waals surface area contributed by atoms with Crippen LogP contribution in [0.25, 0.3) is 0 Å². The van der Waals surface area contributed by atoms with Gasteiger partial charge in [0.25, 0.3) is 0 Å². The number of hydrogen-bond acceptors (Lipinski definition) is 5. The predicted octanol–water partition coefficient (Wildman–Crippen LogP) is 3.98. The zero-order valence-electron chi connectivity index (χ0n) is 14.5. The Labute approximate surface area is 142 Å². The highest BCUT2D eigenvalue weighted by Crippen LogP contribution is 2.32. The number of aromatic nitrogens is 1. The molecule has 2 rings (SSSR count). The molecule has 1 amide bonds. The van der Waals surface area contributed by atoms with Crippen molar-refractivity contribution in [3.8, 4) is 0 Å². The minimum Gasteiger partial charge on any atom is -0.444 e. The molecule has 5 nitrogen and oxygen atoms in total. The van der Waals surface area contributed by atoms with Crippen molar-refractivity contribution in [2.45, 2.75) is 72.1 Å². The molecule has 0 saturated heterocycles. The smallest absolute Gasteiger partial charge is 0.411 e. The quantitative estimate of drug-likeness (QED) is 0.754. The lowest BCUT2D eigenvalue weighted by atomic mass is 9.99. The van der Waals surface area contributed by atoms with Crippen LogP contribution in [0.4, 0.5) is 4.79 Å². The van der Waals surface area contributed by atoms with Crippen molar-refractivity contribution >= 4 is 23.2 Å². The van der Waals surface area contributed by atoms with Gasteiger partial charge in [0, 0.05) is 18.2 Å². The molecule has 1 aliphatic carbocycles. The van der Waals surface area contributed by atoms with Gasteiger partial charge in [-0.15, -0.1) is 11.3 Å². The van der Waals surface area contributed by atoms with Gasteiger partial charge >= 0.3 is 6.09 Å². The molecule has 1 atom stereocenters. The summed E-state index contributed by atoms with van der Waals surface area (Å²) < 4.78 is 5.47. The van der Waals surface area contributed by atoms with Crippen molar-refractivity contribution in [1.82, 2.24) is 9.88 Å². The molecule has 1 heterocycles. The fourth-order valence-electron chi connectivity index (χ4n) is 2.69. The molecule has 1 fully saturated rings. The van der Waals surface area contributed by atoms with Crippen LogP contribution in [0, 0.1) is 5.92 Å². The second kappa shape index (κ2) is 7.43. The van der Waals surface area contributed by atoms with E-state index < -0.39 is 6.04 Å². The number of carbonyl (C=O) groups is 2. The molecule has 6 heteroatoms. The Morgan fingerprint density at radius 2 is 2.00 bits per heavy atom. The van der Waals surface area contributed by atoms with Crippen molar-refractivity contribution in [3.63, 3.8) is 0 Å². The molecule has 0 N–H and O–H groups in total. The van der Waals surface area contributed by atoms with E-state index in [-0.39, 0.29) is 30.4 Å². The lowest BCUT2D eigenvalue weighted by Crippen LogP contribution is -2.48. The zero-order chi connectivity index (χ0) is 17.1. The van der Waals surface area contributed by atoms with E-state index in [1.165, 1.54) is 0 Å². The van der Waals surface area contributed by atoms with Crippen LogP contribution >= 0.6 is 11.3 Å². The molecule has 1 aromatic heterocycles. The number of hydrogen-bond donors (Lipinski definition) is 0. The number of carbonyl (C=O) groups excluding carboxylic acids is 2. The van der Waals surface area contributed by atoms with E-state index in [2.05, 4.69) is 18.8 Å². The van der Waals surface area contributed by atoms with Gasteiger partial charge in [0.05, 0.1) is 15.9 Å². The molecular formula is C17H26N2O3S. The molecule has 1 saturated carbocycles. The van der Waals surface area contributed by atoms with Gasteiger partial charge < -0.3 is 4.74 Å². The van der Waals surface area contributed by atoms with E-state index in [9.17, 15) is 9.59 Å². The van der Waals surface area contributed by atoms with E-state index in [0.717, 1.165) is 22.7 Å². The van der Waals surface area contributed by atoms with Crippen molar-refractivity contribution in [3.05, 3.63) is 16.1 Å². The van der Waals surface area contributed by atoms with Crippen molar-refractivity contribution < 1.29 is 14.3 Å². The number of amides is 1. The largest absolute Gasteiger partial charge is 0.444 e. The van der Waals surface area contributed by atoms with Crippen molar-refractivity contribution in [1.29, 1.82) is 0 Å². The third kappa shape index (κ3) is 4.53. The summed E-state index contributed by atoms with van der Waals surface area (Å²) in [6.45, 7) is 9.87. The fourth-order valence-corrected chi connectivity index (χ4v) is 3.53. The zero-order valence-corrected chi connectivity index (χ0v) is 15.4. The normalized spacial score (nSPS) is 15.8. The van der Waals surface area contributed by atoms with Crippen molar-refractivity contribution in [2.75, 3.05) is 0 Å². The molecule has 1 aromatic rings. The first kappa shape index (κ1) is 17.9. The van der Waals surface area contributed by atoms with Crippen LogP contribution < -0.4 is 0 Å². The highest BCUT2D eigenvalue weighted by molar-refractivity contribution is 7.11. The summed E-state index contributed by atoms with van der Waals surface area (Å²) in [4.78, 5) is 31.4. The Morgan fingerprint density at radius 1 is 1.35 bits per heavy atom. The number of nitrogens with zero attached hydrogens (tertiary/aromatic N) is 2. The maximum atomic E-state index is 12.5. The van der Waals surface area contributed by atoms with E-state index in [0.29, 0.717) is 5.92 Å². The van der Waals surface area contributed by atoms with Crippen LogP contribution in [0.3, 0.4) is 0 Å². The lowest BCUT2D eigenvalue weighted by Gasteiger charge is -2.32. The summed E-state index contributed by atoms with van der Waals surface area (Å²) in [5, 5.41) is 1.04. The number of rotatable bonds is 7. The molecular weight excluding hydrogens is 312 g/mol. The van der Waals surface area contributed by atoms with E-state index >= 15 is 0 Å². The average Bonchev–Trinajstić information content (AvgIpc) is 3.17. The van der Waals surface area contributed by atoms with Gasteiger partial charge in [0.15, 0.2) is 5.78 Å². The summed E-state index contributed by atoms with van der Waals surface area (Å²) in [5.74, 6) is 0.468. The lowest BCUT2D eigenvalue weighted by molar-refractivity contribution is -0.123. The second-order valence-electron chi connectivity index (χ2n) is 6.81. The Hall–Kier alpha value is -1.43. The topological polar surface area (TPSA) is 59.5 Å². The Bertz CT molecular complexity index is 564. The van der Waals surface area contributed by atoms with E-state index in [1.54, 1.807) is 29.4 Å². The summed E-state index contributed by atoms with van der Waals surface area (Å²) in [6.07, 6.45) is 3.27. The van der Waals surface area contributed by atoms with Crippen LogP contribution in [-0.2, 0) is 16.1 Å². The van der Waals surface area contributed by atoms with Crippen LogP contribution in [0.15, 0.2) is 6.20 Å². The van der Waals surface area contributed by atoms with Gasteiger partial charge in [-0.05, 0) is 25.7 Å². The molecule has 0 aromatic carbocycles. The minimum atomic E-state index is -0.400. The maximum Gasteiger partial charge on any atom is 0.411 e. The molecule has 128 valence electrons. The molecule has 1 unspecified atom stereocenters. The number of ether oxygens (including phenoxy) is 1. The summed E-state index contributed by atoms with van der Waals surface area (Å²) in [7, 11) is 0. The van der Waals surface area contributed by atoms with Crippen molar-refractivity contribution in [2.24, 2.45) is 5.92 Å². The summed E-state index contributed by atoms with van der Waals surface area (Å²) in [6, 6.07) is -0.255. The fraction of sp³-hybridized carbons (Fsp3) is 0.706. The molecule has 0 bridgehead atoms. The van der Waals surface area contributed by atoms with Gasteiger partial charge in [-0.25, -0.2) is 9.78 Å². The van der Waals surface area contributed by atoms with Gasteiger partial charge in [0.2, 0.25) is 0 Å². The average molecular weight is 338 g/mol. The molecule has 1 aliphatic rings. The summed E-state index contributed by atoms with van der Waals surface area (Å²) >= 11 is 1.57. The van der Waals surface area contributed by atoms with Crippen LogP contribution in [-0.4, -0.2) is 33.8 Å². The number of Topliss-reactive ketones (excluding diaryl/α,β-unsaturated/α-hetero) is 1. The highest BCUT2D eigenvalue weighted by Gasteiger charge is 2.41. The monoisotopic (exact) mass is 338 g/mol. The molecule has 23 heavy (non-hydrogen) atoms. The van der Waals surface area contributed by atoms with Gasteiger partial charge in [-0.3, -0.25) is 9.69 Å². The molecule has 0 radical (unpaired) electrons. The maximum absolute atomic E-state index is 12.5. The predicted molar refractivity (Wildman–Crippen MR) is 90.6 cm³/mol. The minimum absolute atomic E-state index is 0.0173. The highest BCUT2D eigenvalue weighted by atomic mass is 32.1. The van der Waals surface area contributed by atoms with E-state index in [4.69, 9.17) is 4.74 Å². The molecule has 0 aliphatic heterocycles. The first-order chi connectivity index (χ1) is 10.8. The third-order valence-electron chi connectivity index (χ3n) is 3.90. The Balaban J connectivity index is 2.02. The first-order valence-electron chi connectivity index (χ1n) is 8.21. The second-order valence-corrected chi connectivity index (χ2v) is 7.96. The van der Waals surface area contributed by atoms with E-state index in [1.807, 2.05) is 13.8 Å². The van der Waals surface area contributed by atoms with Gasteiger partial charge in [-0.1, -0.05) is 27.7 Å². The van der Waals surface area contributed by atoms with Gasteiger partial charge in [0.1, 0.15) is 6.61 Å². The molecule has 0 spiro atoms. The number of ketones is 1.